The van der Waals surface area contributed by atoms with Gasteiger partial charge in [-0.25, -0.2) is 0 Å². The second-order valence-corrected chi connectivity index (χ2v) is 10.5. The number of rotatable bonds is 2. The molecule has 3 aromatic carbocycles. The third-order valence-corrected chi connectivity index (χ3v) is 6.86. The monoisotopic (exact) mass is 454 g/mol. The van der Waals surface area contributed by atoms with Crippen LogP contribution in [-0.4, -0.2) is 16.8 Å². The lowest BCUT2D eigenvalue weighted by Gasteiger charge is -2.38. The number of carbonyl (C=O) groups excluding carboxylic acids is 2. The first-order chi connectivity index (χ1) is 16.2. The Morgan fingerprint density at radius 2 is 1.74 bits per heavy atom. The number of aromatic hydroxyl groups is 1. The van der Waals surface area contributed by atoms with Crippen molar-refractivity contribution in [1.82, 2.24) is 0 Å². The van der Waals surface area contributed by atoms with E-state index in [4.69, 9.17) is 0 Å². The van der Waals surface area contributed by atoms with Crippen molar-refractivity contribution in [3.8, 4) is 5.75 Å². The summed E-state index contributed by atoms with van der Waals surface area (Å²) in [7, 11) is 0. The van der Waals surface area contributed by atoms with E-state index in [1.807, 2.05) is 62.4 Å². The number of phenolic OH excluding ortho intramolecular Hbond substituents is 1. The number of nitrogens with one attached hydrogen (secondary N) is 1. The highest BCUT2D eigenvalue weighted by Crippen LogP contribution is 2.51. The van der Waals surface area contributed by atoms with Gasteiger partial charge in [0.2, 0.25) is 5.91 Å². The Morgan fingerprint density at radius 3 is 2.50 bits per heavy atom. The molecule has 174 valence electrons. The molecule has 5 rings (SSSR count). The van der Waals surface area contributed by atoms with Crippen molar-refractivity contribution in [2.24, 2.45) is 11.3 Å². The molecule has 1 aliphatic carbocycles. The van der Waals surface area contributed by atoms with Gasteiger partial charge in [-0.3, -0.25) is 14.5 Å². The lowest BCUT2D eigenvalue weighted by Crippen LogP contribution is -2.41. The van der Waals surface area contributed by atoms with Gasteiger partial charge in [0, 0.05) is 23.6 Å². The number of benzene rings is 3. The zero-order chi connectivity index (χ0) is 24.2. The van der Waals surface area contributed by atoms with E-state index in [-0.39, 0.29) is 28.8 Å². The number of hydrogen-bond donors (Lipinski definition) is 2. The van der Waals surface area contributed by atoms with Crippen LogP contribution in [0.5, 0.6) is 5.75 Å². The topological polar surface area (TPSA) is 69.6 Å². The van der Waals surface area contributed by atoms with Crippen molar-refractivity contribution in [2.45, 2.75) is 46.6 Å². The summed E-state index contributed by atoms with van der Waals surface area (Å²) >= 11 is 0. The van der Waals surface area contributed by atoms with Crippen molar-refractivity contribution >= 4 is 33.8 Å². The molecule has 0 radical (unpaired) electrons. The summed E-state index contributed by atoms with van der Waals surface area (Å²) in [6.07, 6.45) is 1.05. The third-order valence-electron chi connectivity index (χ3n) is 6.86. The number of carbonyl (C=O) groups is 2. The molecule has 1 amide bonds. The van der Waals surface area contributed by atoms with Gasteiger partial charge >= 0.3 is 0 Å². The van der Waals surface area contributed by atoms with Crippen LogP contribution in [0.2, 0.25) is 0 Å². The predicted octanol–water partition coefficient (Wildman–Crippen LogP) is 6.34. The molecule has 0 fully saturated rings. The molecule has 1 aliphatic heterocycles. The van der Waals surface area contributed by atoms with Gasteiger partial charge in [0.1, 0.15) is 11.4 Å². The number of Topliss-reactive ketones (excluding diaryl/α,β-unsaturated/α-hetero) is 1. The summed E-state index contributed by atoms with van der Waals surface area (Å²) in [6, 6.07) is 18.7. The predicted molar refractivity (Wildman–Crippen MR) is 136 cm³/mol. The van der Waals surface area contributed by atoms with Crippen molar-refractivity contribution in [2.75, 3.05) is 10.2 Å². The van der Waals surface area contributed by atoms with Crippen molar-refractivity contribution in [3.63, 3.8) is 0 Å². The van der Waals surface area contributed by atoms with E-state index in [0.717, 1.165) is 22.0 Å². The van der Waals surface area contributed by atoms with E-state index >= 15 is 0 Å². The molecule has 1 atom stereocenters. The van der Waals surface area contributed by atoms with E-state index in [9.17, 15) is 14.7 Å². The molecule has 1 heterocycles. The maximum Gasteiger partial charge on any atom is 0.230 e. The molecule has 0 spiro atoms. The van der Waals surface area contributed by atoms with E-state index in [1.165, 1.54) is 0 Å². The first kappa shape index (κ1) is 22.2. The molecular formula is C29H30N2O3. The molecule has 0 bridgehead atoms. The summed E-state index contributed by atoms with van der Waals surface area (Å²) in [5, 5.41) is 16.3. The van der Waals surface area contributed by atoms with Crippen LogP contribution in [0.15, 0.2) is 71.9 Å². The second-order valence-electron chi connectivity index (χ2n) is 10.5. The number of anilines is 2. The van der Waals surface area contributed by atoms with Crippen LogP contribution in [0.25, 0.3) is 10.8 Å². The summed E-state index contributed by atoms with van der Waals surface area (Å²) < 4.78 is 0. The highest BCUT2D eigenvalue weighted by molar-refractivity contribution is 6.08. The minimum Gasteiger partial charge on any atom is -0.506 e. The van der Waals surface area contributed by atoms with Crippen LogP contribution in [0.3, 0.4) is 0 Å². The molecule has 34 heavy (non-hydrogen) atoms. The quantitative estimate of drug-likeness (QED) is 0.443. The number of amides is 1. The van der Waals surface area contributed by atoms with E-state index < -0.39 is 6.04 Å². The summed E-state index contributed by atoms with van der Waals surface area (Å²) in [5.41, 5.74) is 3.12. The fraction of sp³-hybridized carbons (Fsp3) is 0.310. The molecule has 1 unspecified atom stereocenters. The van der Waals surface area contributed by atoms with Crippen LogP contribution in [0.1, 0.15) is 52.1 Å². The van der Waals surface area contributed by atoms with E-state index in [0.29, 0.717) is 29.8 Å². The minimum absolute atomic E-state index is 0.0329. The molecule has 0 saturated heterocycles. The van der Waals surface area contributed by atoms with Crippen molar-refractivity contribution < 1.29 is 14.7 Å². The number of nitrogens with zero attached hydrogens (tertiary/aromatic N) is 1. The van der Waals surface area contributed by atoms with Gasteiger partial charge in [0.25, 0.3) is 0 Å². The molecule has 5 heteroatoms. The number of phenols is 1. The lowest BCUT2D eigenvalue weighted by atomic mass is 9.73. The third kappa shape index (κ3) is 3.56. The molecule has 3 aromatic rings. The Bertz CT molecular complexity index is 1350. The van der Waals surface area contributed by atoms with Crippen molar-refractivity contribution in [1.29, 1.82) is 0 Å². The first-order valence-electron chi connectivity index (χ1n) is 11.8. The van der Waals surface area contributed by atoms with Gasteiger partial charge in [-0.1, -0.05) is 76.2 Å². The van der Waals surface area contributed by atoms with Gasteiger partial charge in [-0.15, -0.1) is 0 Å². The fourth-order valence-corrected chi connectivity index (χ4v) is 5.35. The Labute approximate surface area is 200 Å². The van der Waals surface area contributed by atoms with Crippen molar-refractivity contribution in [3.05, 3.63) is 77.5 Å². The van der Waals surface area contributed by atoms with Gasteiger partial charge < -0.3 is 10.4 Å². The molecule has 2 N–H and O–H groups in total. The van der Waals surface area contributed by atoms with Crippen LogP contribution >= 0.6 is 0 Å². The average molecular weight is 455 g/mol. The fourth-order valence-electron chi connectivity index (χ4n) is 5.35. The Balaban J connectivity index is 1.89. The molecule has 0 aromatic heterocycles. The number of hydrogen-bond acceptors (Lipinski definition) is 4. The lowest BCUT2D eigenvalue weighted by molar-refractivity contribution is -0.122. The zero-order valence-electron chi connectivity index (χ0n) is 20.1. The smallest absolute Gasteiger partial charge is 0.230 e. The normalized spacial score (nSPS) is 19.5. The average Bonchev–Trinajstić information content (AvgIpc) is 2.92. The Kier molecular flexibility index (Phi) is 5.23. The molecule has 0 saturated carbocycles. The SMILES string of the molecule is CC(C)C(=O)N1c2cccc(O)c2NC2=C(C(=O)CC(C)(C)C2)C1c1cccc2ccccc12. The van der Waals surface area contributed by atoms with Crippen LogP contribution in [0, 0.1) is 11.3 Å². The number of para-hydroxylation sites is 1. The summed E-state index contributed by atoms with van der Waals surface area (Å²) in [6.45, 7) is 7.89. The van der Waals surface area contributed by atoms with Gasteiger partial charge in [0.05, 0.1) is 11.7 Å². The van der Waals surface area contributed by atoms with Gasteiger partial charge in [-0.2, -0.15) is 0 Å². The summed E-state index contributed by atoms with van der Waals surface area (Å²) in [5.74, 6) is -0.311. The minimum atomic E-state index is -0.602. The highest BCUT2D eigenvalue weighted by atomic mass is 16.3. The van der Waals surface area contributed by atoms with E-state index in [2.05, 4.69) is 19.2 Å². The maximum atomic E-state index is 13.8. The maximum absolute atomic E-state index is 13.8. The highest BCUT2D eigenvalue weighted by Gasteiger charge is 2.44. The largest absolute Gasteiger partial charge is 0.506 e. The van der Waals surface area contributed by atoms with Crippen LogP contribution in [0.4, 0.5) is 11.4 Å². The number of fused-ring (bicyclic) bond motifs is 2. The van der Waals surface area contributed by atoms with Gasteiger partial charge in [-0.05, 0) is 40.3 Å². The molecule has 5 nitrogen and oxygen atoms in total. The molecule has 2 aliphatic rings. The Hall–Kier alpha value is -3.60. The Morgan fingerprint density at radius 1 is 1.03 bits per heavy atom. The number of allylic oxidation sites excluding steroid dienone is 1. The summed E-state index contributed by atoms with van der Waals surface area (Å²) in [4.78, 5) is 29.4. The van der Waals surface area contributed by atoms with Crippen LogP contribution < -0.4 is 10.2 Å². The standard InChI is InChI=1S/C29H30N2O3/c1-17(2)28(34)31-22-13-8-14-23(32)26(22)30-21-15-29(3,4)16-24(33)25(21)27(31)20-12-7-10-18-9-5-6-11-19(18)20/h5-14,17,27,30,32H,15-16H2,1-4H3. The second kappa shape index (κ2) is 8.01. The zero-order valence-corrected chi connectivity index (χ0v) is 20.1. The first-order valence-corrected chi connectivity index (χ1v) is 11.8. The van der Waals surface area contributed by atoms with E-state index in [1.54, 1.807) is 17.0 Å². The van der Waals surface area contributed by atoms with Crippen LogP contribution in [-0.2, 0) is 9.59 Å². The van der Waals surface area contributed by atoms with Gasteiger partial charge in [0.15, 0.2) is 5.78 Å². The number of ketones is 1. The molecular weight excluding hydrogens is 424 g/mol.